The van der Waals surface area contributed by atoms with Crippen LogP contribution in [0.15, 0.2) is 124 Å². The van der Waals surface area contributed by atoms with E-state index in [-0.39, 0.29) is 178 Å². The first-order valence-corrected chi connectivity index (χ1v) is 35.2. The maximum atomic E-state index is 12.9. The van der Waals surface area contributed by atoms with Crippen LogP contribution in [0.3, 0.4) is 0 Å². The number of halogens is 1. The van der Waals surface area contributed by atoms with E-state index in [4.69, 9.17) is 4.74 Å². The van der Waals surface area contributed by atoms with Crippen LogP contribution in [-0.2, 0) is 81.7 Å². The Kier molecular flexibility index (Phi) is 29.3. The van der Waals surface area contributed by atoms with Crippen molar-refractivity contribution in [3.8, 4) is 0 Å². The summed E-state index contributed by atoms with van der Waals surface area (Å²) in [6.45, 7) is 17.0. The number of ether oxygens (including phenoxy) is 1. The van der Waals surface area contributed by atoms with Gasteiger partial charge in [-0.25, -0.2) is 42.0 Å². The Balaban J connectivity index is 0.000000311. The summed E-state index contributed by atoms with van der Waals surface area (Å²) in [4.78, 5) is 103. The monoisotopic (exact) mass is 1800 g/mol. The SMILES string of the molecule is C.CC(C)(C)C(=O)N1CCC(CNC(=O)c2ccc3c(c2)NC(=O)c2cccn2S3(=O)=O)CC1.CC(C)(C)OC(=O)N1CCC(CNC(=O)c2ccc3c(c2)NC(=O)c2cccn2S3(=O)=O)CC1.Cl.O=C(NCC1CCNCC1)c1ccc2c(c1)NC(=O)c1cccn1S2(=O)=O.[CH3-].[CH3-].[W].[W]. The van der Waals surface area contributed by atoms with Crippen molar-refractivity contribution >= 4 is 107 Å². The second-order valence-electron chi connectivity index (χ2n) is 25.8. The average Bonchev–Trinajstić information content (AvgIpc) is 1.60. The summed E-state index contributed by atoms with van der Waals surface area (Å²) in [6.07, 6.45) is 8.73. The molecule has 27 nitrogen and oxygen atoms in total. The van der Waals surface area contributed by atoms with Gasteiger partial charge < -0.3 is 66.6 Å². The van der Waals surface area contributed by atoms with Gasteiger partial charge in [0.1, 0.15) is 37.4 Å². The van der Waals surface area contributed by atoms with E-state index in [2.05, 4.69) is 37.2 Å². The van der Waals surface area contributed by atoms with Crippen molar-refractivity contribution in [2.75, 3.05) is 74.9 Å². The summed E-state index contributed by atoms with van der Waals surface area (Å²) in [5.74, 6) is -1.63. The molecule has 12 rings (SSSR count). The van der Waals surface area contributed by atoms with Gasteiger partial charge in [0.15, 0.2) is 0 Å². The maximum absolute atomic E-state index is 12.9. The van der Waals surface area contributed by atoms with E-state index in [0.29, 0.717) is 57.3 Å². The van der Waals surface area contributed by atoms with Crippen molar-refractivity contribution in [2.45, 2.75) is 108 Å². The summed E-state index contributed by atoms with van der Waals surface area (Å²) in [7, 11) is -11.8. The molecule has 3 aromatic heterocycles. The van der Waals surface area contributed by atoms with Gasteiger partial charge in [0, 0.05) is 129 Å². The molecule has 0 atom stereocenters. The van der Waals surface area contributed by atoms with Crippen LogP contribution in [0.25, 0.3) is 0 Å². The first kappa shape index (κ1) is 85.0. The number of rotatable bonds is 9. The molecule has 0 unspecified atom stereocenters. The fraction of sp³-hybridized carbons (Fsp3) is 0.403. The van der Waals surface area contributed by atoms with Crippen molar-refractivity contribution < 1.29 is 110 Å². The fourth-order valence-electron chi connectivity index (χ4n) is 11.7. The van der Waals surface area contributed by atoms with Gasteiger partial charge in [-0.3, -0.25) is 33.6 Å². The van der Waals surface area contributed by atoms with Crippen LogP contribution in [0.5, 0.6) is 0 Å². The minimum absolute atomic E-state index is 0. The molecule has 8 amide bonds. The number of hydrogen-bond acceptors (Lipinski definition) is 16. The Morgan fingerprint density at radius 3 is 1.08 bits per heavy atom. The van der Waals surface area contributed by atoms with Crippen molar-refractivity contribution in [3.63, 3.8) is 0 Å². The third kappa shape index (κ3) is 19.0. The predicted octanol–water partition coefficient (Wildman–Crippen LogP) is 7.95. The van der Waals surface area contributed by atoms with Crippen LogP contribution >= 0.6 is 12.4 Å². The normalized spacial score (nSPS) is 17.0. The average molecular weight is 1800 g/mol. The molecule has 6 aliphatic rings. The van der Waals surface area contributed by atoms with Crippen molar-refractivity contribution in [3.05, 3.63) is 158 Å². The van der Waals surface area contributed by atoms with E-state index in [1.165, 1.54) is 110 Å². The van der Waals surface area contributed by atoms with Crippen LogP contribution in [0, 0.1) is 38.0 Å². The molecule has 7 N–H and O–H groups in total. The number of fused-ring (bicyclic) bond motifs is 6. The summed E-state index contributed by atoms with van der Waals surface area (Å²) < 4.78 is 85.5. The zero-order chi connectivity index (χ0) is 67.7. The molecular formula is C67H87ClN12O15S3W2-2. The van der Waals surface area contributed by atoms with Crippen LogP contribution in [0.4, 0.5) is 21.9 Å². The molecule has 3 fully saturated rings. The largest absolute Gasteiger partial charge is 0.444 e. The van der Waals surface area contributed by atoms with Crippen molar-refractivity contribution in [1.29, 1.82) is 0 Å². The van der Waals surface area contributed by atoms with Gasteiger partial charge in [0.2, 0.25) is 5.91 Å². The van der Waals surface area contributed by atoms with Crippen LogP contribution in [-0.4, -0.2) is 159 Å². The minimum Gasteiger partial charge on any atom is -0.444 e. The number of likely N-dealkylation sites (tertiary alicyclic amines) is 2. The maximum Gasteiger partial charge on any atom is 0.410 e. The van der Waals surface area contributed by atoms with E-state index in [0.717, 1.165) is 63.5 Å². The van der Waals surface area contributed by atoms with E-state index in [1.807, 2.05) is 46.4 Å². The molecule has 9 heterocycles. The van der Waals surface area contributed by atoms with Crippen LogP contribution in [0.1, 0.15) is 150 Å². The molecule has 0 radical (unpaired) electrons. The third-order valence-electron chi connectivity index (χ3n) is 16.8. The van der Waals surface area contributed by atoms with Gasteiger partial charge in [-0.05, 0) is 181 Å². The zero-order valence-corrected chi connectivity index (χ0v) is 65.2. The van der Waals surface area contributed by atoms with E-state index in [1.54, 1.807) is 4.90 Å². The Hall–Kier alpha value is -7.46. The standard InChI is InChI=1S/C23H28N4O6S.C23H28N4O5S.C18H20N4O4S.CH4.2CH3.ClH.2W/c1-23(2,3)33-22(30)26-11-8-15(9-12-26)14-24-20(28)16-6-7-19-17(13-16)25-21(29)18-5-4-10-27(18)34(19,31)32;1-23(2,3)22(30)26-11-8-15(9-12-26)14-24-20(28)16-6-7-19-17(13-16)25-21(29)18-5-4-10-27(18)33(19,31)32;23-17(20-11-12-5-7-19-8-6-12)13-3-4-16-14(10-13)21-18(24)15-2-1-9-22(15)27(16,25)26;;;;;;/h4-7,10,13,15H,8-9,11-12,14H2,1-3H3,(H,24,28)(H,25,29);4-7,10,13,15H,8-9,11-12,14H2,1-3H3,(H,24,28)(H,25,29);1-4,9-10,12,19H,5-8,11H2,(H,20,23)(H,21,24);1H4;2*1H3;1H;;/q;;;;2*-1;;;. The minimum atomic E-state index is -3.96. The number of piperidine rings is 3. The zero-order valence-electron chi connectivity index (χ0n) is 56.0. The van der Waals surface area contributed by atoms with Gasteiger partial charge >= 0.3 is 6.09 Å². The number of amides is 8. The molecule has 0 saturated carbocycles. The molecule has 6 aromatic rings. The van der Waals surface area contributed by atoms with E-state index in [9.17, 15) is 63.6 Å². The summed E-state index contributed by atoms with van der Waals surface area (Å²) in [5.41, 5.74) is 0.149. The number of aromatic nitrogens is 3. The molecule has 0 aliphatic carbocycles. The van der Waals surface area contributed by atoms with E-state index < -0.39 is 58.8 Å². The van der Waals surface area contributed by atoms with Crippen LogP contribution < -0.4 is 37.2 Å². The molecule has 0 spiro atoms. The Bertz CT molecular complexity index is 4350. The summed E-state index contributed by atoms with van der Waals surface area (Å²) >= 11 is 0. The predicted molar refractivity (Wildman–Crippen MR) is 373 cm³/mol. The smallest absolute Gasteiger partial charge is 0.410 e. The number of benzene rings is 3. The van der Waals surface area contributed by atoms with Gasteiger partial charge in [0.25, 0.3) is 65.5 Å². The molecule has 0 bridgehead atoms. The van der Waals surface area contributed by atoms with Gasteiger partial charge in [-0.2, -0.15) is 0 Å². The van der Waals surface area contributed by atoms with Gasteiger partial charge in [-0.1, -0.05) is 28.2 Å². The van der Waals surface area contributed by atoms with Gasteiger partial charge in [-0.15, -0.1) is 12.4 Å². The van der Waals surface area contributed by atoms with Crippen LogP contribution in [0.2, 0.25) is 0 Å². The molecule has 544 valence electrons. The number of carbonyl (C=O) groups is 8. The number of hydrogen-bond donors (Lipinski definition) is 7. The number of nitrogens with zero attached hydrogens (tertiary/aromatic N) is 5. The quantitative estimate of drug-likeness (QED) is 0.0675. The molecular weight excluding hydrogens is 1710 g/mol. The number of nitrogens with one attached hydrogen (secondary N) is 7. The molecule has 3 saturated heterocycles. The Morgan fingerprint density at radius 2 is 0.780 bits per heavy atom. The topological polar surface area (TPSA) is 354 Å². The number of anilines is 3. The Morgan fingerprint density at radius 1 is 0.480 bits per heavy atom. The first-order chi connectivity index (χ1) is 44.4. The number of carbonyl (C=O) groups excluding carboxylic acids is 8. The molecule has 33 heteroatoms. The molecule has 6 aliphatic heterocycles. The Labute approximate surface area is 619 Å². The second-order valence-corrected chi connectivity index (χ2v) is 31.1. The summed E-state index contributed by atoms with van der Waals surface area (Å²) in [5, 5.41) is 19.7. The molecule has 3 aromatic carbocycles. The first-order valence-electron chi connectivity index (χ1n) is 30.9. The molecule has 100 heavy (non-hydrogen) atoms. The summed E-state index contributed by atoms with van der Waals surface area (Å²) in [6, 6.07) is 21.3. The van der Waals surface area contributed by atoms with Gasteiger partial charge in [0.05, 0.1) is 17.1 Å². The van der Waals surface area contributed by atoms with Crippen molar-refractivity contribution in [1.82, 2.24) is 43.0 Å². The third-order valence-corrected chi connectivity index (χ3v) is 22.1. The van der Waals surface area contributed by atoms with Crippen molar-refractivity contribution in [2.24, 2.45) is 23.2 Å². The fourth-order valence-corrected chi connectivity index (χ4v) is 16.1. The second kappa shape index (κ2) is 34.5. The van der Waals surface area contributed by atoms with E-state index >= 15 is 0 Å².